The Labute approximate surface area is 105 Å². The predicted octanol–water partition coefficient (Wildman–Crippen LogP) is 4.04. The molecule has 2 aromatic heterocycles. The van der Waals surface area contributed by atoms with Crippen molar-refractivity contribution in [3.8, 4) is 0 Å². The van der Waals surface area contributed by atoms with Crippen LogP contribution in [0.5, 0.6) is 0 Å². The van der Waals surface area contributed by atoms with Crippen LogP contribution in [-0.4, -0.2) is 0 Å². The van der Waals surface area contributed by atoms with Gasteiger partial charge in [-0.3, -0.25) is 0 Å². The van der Waals surface area contributed by atoms with Gasteiger partial charge in [0.25, 0.3) is 0 Å². The molecule has 1 atom stereocenters. The Morgan fingerprint density at radius 2 is 2.07 bits per heavy atom. The molecule has 0 aliphatic heterocycles. The topological polar surface area (TPSA) is 26.0 Å². The van der Waals surface area contributed by atoms with Gasteiger partial charge in [-0.1, -0.05) is 6.07 Å². The second kappa shape index (κ2) is 5.28. The average molecular weight is 311 g/mol. The van der Waals surface area contributed by atoms with Crippen LogP contribution in [-0.2, 0) is 0 Å². The van der Waals surface area contributed by atoms with Crippen molar-refractivity contribution in [3.63, 3.8) is 0 Å². The molecule has 0 radical (unpaired) electrons. The fourth-order valence-corrected chi connectivity index (χ4v) is 3.38. The minimum absolute atomic E-state index is 0. The van der Waals surface area contributed by atoms with Gasteiger partial charge in [-0.05, 0) is 33.4 Å². The molecule has 0 unspecified atom stereocenters. The Hall–Kier alpha value is 0.130. The molecule has 2 N–H and O–H groups in total. The lowest BCUT2D eigenvalue weighted by molar-refractivity contribution is 0.917. The summed E-state index contributed by atoms with van der Waals surface area (Å²) in [7, 11) is 0. The van der Waals surface area contributed by atoms with Gasteiger partial charge in [0.2, 0.25) is 0 Å². The molecular formula is C9H9BrClNS2. The first kappa shape index (κ1) is 12.2. The number of hydrogen-bond donors (Lipinski definition) is 1. The molecule has 0 aliphatic carbocycles. The Morgan fingerprint density at radius 1 is 1.29 bits per heavy atom. The largest absolute Gasteiger partial charge is 0.319 e. The molecule has 0 aromatic carbocycles. The molecule has 14 heavy (non-hydrogen) atoms. The first-order chi connectivity index (χ1) is 6.27. The summed E-state index contributed by atoms with van der Waals surface area (Å²) in [4.78, 5) is 2.42. The average Bonchev–Trinajstić information content (AvgIpc) is 2.72. The van der Waals surface area contributed by atoms with Crippen LogP contribution in [0.4, 0.5) is 0 Å². The maximum absolute atomic E-state index is 6.07. The second-order valence-corrected chi connectivity index (χ2v) is 5.50. The van der Waals surface area contributed by atoms with Crippen molar-refractivity contribution in [2.75, 3.05) is 0 Å². The van der Waals surface area contributed by atoms with Gasteiger partial charge < -0.3 is 5.73 Å². The lowest BCUT2D eigenvalue weighted by atomic mass is 10.2. The smallest absolute Gasteiger partial charge is 0.0740 e. The second-order valence-electron chi connectivity index (χ2n) is 2.66. The molecule has 0 spiro atoms. The van der Waals surface area contributed by atoms with E-state index in [1.807, 2.05) is 6.07 Å². The highest BCUT2D eigenvalue weighted by atomic mass is 79.9. The van der Waals surface area contributed by atoms with Crippen molar-refractivity contribution < 1.29 is 0 Å². The van der Waals surface area contributed by atoms with Crippen LogP contribution in [0.25, 0.3) is 0 Å². The third-order valence-electron chi connectivity index (χ3n) is 1.74. The van der Waals surface area contributed by atoms with Gasteiger partial charge in [-0.2, -0.15) is 0 Å². The highest BCUT2D eigenvalue weighted by Gasteiger charge is 2.11. The summed E-state index contributed by atoms with van der Waals surface area (Å²) in [5.41, 5.74) is 6.07. The van der Waals surface area contributed by atoms with Crippen molar-refractivity contribution >= 4 is 51.0 Å². The van der Waals surface area contributed by atoms with Crippen LogP contribution >= 0.6 is 51.0 Å². The zero-order valence-corrected chi connectivity index (χ0v) is 11.2. The van der Waals surface area contributed by atoms with E-state index >= 15 is 0 Å². The van der Waals surface area contributed by atoms with Gasteiger partial charge >= 0.3 is 0 Å². The van der Waals surface area contributed by atoms with Gasteiger partial charge in [0, 0.05) is 19.6 Å². The van der Waals surface area contributed by atoms with E-state index < -0.39 is 0 Å². The van der Waals surface area contributed by atoms with Gasteiger partial charge in [0.15, 0.2) is 0 Å². The van der Waals surface area contributed by atoms with Gasteiger partial charge in [-0.25, -0.2) is 0 Å². The summed E-state index contributed by atoms with van der Waals surface area (Å²) < 4.78 is 1.11. The zero-order valence-electron chi connectivity index (χ0n) is 7.14. The lowest BCUT2D eigenvalue weighted by Gasteiger charge is -2.05. The molecule has 0 amide bonds. The molecule has 76 valence electrons. The molecule has 1 nitrogen and oxygen atoms in total. The van der Waals surface area contributed by atoms with E-state index in [0.717, 1.165) is 4.47 Å². The molecule has 0 bridgehead atoms. The summed E-state index contributed by atoms with van der Waals surface area (Å²) in [6.07, 6.45) is 0. The predicted molar refractivity (Wildman–Crippen MR) is 69.6 cm³/mol. The number of nitrogens with two attached hydrogens (primary N) is 1. The highest BCUT2D eigenvalue weighted by Crippen LogP contribution is 2.30. The van der Waals surface area contributed by atoms with Gasteiger partial charge in [0.05, 0.1) is 6.04 Å². The van der Waals surface area contributed by atoms with E-state index in [0.29, 0.717) is 0 Å². The van der Waals surface area contributed by atoms with Crippen LogP contribution in [0.15, 0.2) is 33.4 Å². The molecule has 5 heteroatoms. The molecule has 0 saturated heterocycles. The minimum atomic E-state index is 0. The summed E-state index contributed by atoms with van der Waals surface area (Å²) >= 11 is 6.81. The van der Waals surface area contributed by atoms with Crippen molar-refractivity contribution in [3.05, 3.63) is 43.2 Å². The van der Waals surface area contributed by atoms with Gasteiger partial charge in [-0.15, -0.1) is 35.1 Å². The summed E-state index contributed by atoms with van der Waals surface area (Å²) in [5, 5.41) is 4.11. The number of halogens is 2. The van der Waals surface area contributed by atoms with E-state index in [-0.39, 0.29) is 18.4 Å². The Kier molecular flexibility index (Phi) is 4.60. The van der Waals surface area contributed by atoms with Crippen LogP contribution in [0.2, 0.25) is 0 Å². The number of hydrogen-bond acceptors (Lipinski definition) is 3. The Balaban J connectivity index is 0.000000980. The standard InChI is InChI=1S/C9H8BrNS2.ClH/c10-6-4-8(13-5-6)9(11)7-2-1-3-12-7;/h1-5,9H,11H2;1H/t9-;/m1./s1. The minimum Gasteiger partial charge on any atom is -0.319 e. The summed E-state index contributed by atoms with van der Waals surface area (Å²) in [5.74, 6) is 0. The van der Waals surface area contributed by atoms with Crippen molar-refractivity contribution in [2.45, 2.75) is 6.04 Å². The van der Waals surface area contributed by atoms with Crippen molar-refractivity contribution in [1.82, 2.24) is 0 Å². The Bertz CT molecular complexity index is 385. The quantitative estimate of drug-likeness (QED) is 0.890. The van der Waals surface area contributed by atoms with Crippen LogP contribution in [0, 0.1) is 0 Å². The maximum Gasteiger partial charge on any atom is 0.0740 e. The van der Waals surface area contributed by atoms with E-state index in [9.17, 15) is 0 Å². The fraction of sp³-hybridized carbons (Fsp3) is 0.111. The zero-order chi connectivity index (χ0) is 9.26. The van der Waals surface area contributed by atoms with Crippen LogP contribution < -0.4 is 5.73 Å². The Morgan fingerprint density at radius 3 is 2.57 bits per heavy atom. The van der Waals surface area contributed by atoms with E-state index in [4.69, 9.17) is 5.73 Å². The molecular weight excluding hydrogens is 302 g/mol. The monoisotopic (exact) mass is 309 g/mol. The van der Waals surface area contributed by atoms with Gasteiger partial charge in [0.1, 0.15) is 0 Å². The first-order valence-corrected chi connectivity index (χ1v) is 6.35. The van der Waals surface area contributed by atoms with Crippen molar-refractivity contribution in [2.24, 2.45) is 5.73 Å². The molecule has 2 rings (SSSR count). The molecule has 2 heterocycles. The summed E-state index contributed by atoms with van der Waals surface area (Å²) in [6, 6.07) is 6.22. The summed E-state index contributed by atoms with van der Waals surface area (Å²) in [6.45, 7) is 0. The van der Waals surface area contributed by atoms with E-state index in [1.165, 1.54) is 9.75 Å². The maximum atomic E-state index is 6.07. The molecule has 0 aliphatic rings. The third kappa shape index (κ3) is 2.58. The normalized spacial score (nSPS) is 12.1. The van der Waals surface area contributed by atoms with E-state index in [1.54, 1.807) is 22.7 Å². The molecule has 0 saturated carbocycles. The van der Waals surface area contributed by atoms with Crippen LogP contribution in [0.3, 0.4) is 0 Å². The number of rotatable bonds is 2. The van der Waals surface area contributed by atoms with E-state index in [2.05, 4.69) is 38.8 Å². The fourth-order valence-electron chi connectivity index (χ4n) is 1.10. The molecule has 2 aromatic rings. The molecule has 0 fully saturated rings. The van der Waals surface area contributed by atoms with Crippen molar-refractivity contribution in [1.29, 1.82) is 0 Å². The first-order valence-electron chi connectivity index (χ1n) is 3.80. The third-order valence-corrected chi connectivity index (χ3v) is 4.48. The highest BCUT2D eigenvalue weighted by molar-refractivity contribution is 9.10. The van der Waals surface area contributed by atoms with Crippen LogP contribution in [0.1, 0.15) is 15.8 Å². The number of thiophene rings is 2. The lowest BCUT2D eigenvalue weighted by Crippen LogP contribution is -2.07. The SMILES string of the molecule is Cl.N[C@H](c1cccs1)c1cc(Br)cs1.